The van der Waals surface area contributed by atoms with Crippen LogP contribution in [0.15, 0.2) is 29.4 Å². The van der Waals surface area contributed by atoms with E-state index in [0.717, 1.165) is 16.5 Å². The zero-order valence-corrected chi connectivity index (χ0v) is 19.2. The molecule has 1 N–H and O–H groups in total. The number of nitrogens with zero attached hydrogens (tertiary/aromatic N) is 3. The lowest BCUT2D eigenvalue weighted by atomic mass is 9.96. The van der Waals surface area contributed by atoms with E-state index in [1.165, 1.54) is 43.1 Å². The third-order valence-electron chi connectivity index (χ3n) is 6.40. The maximum atomic E-state index is 13.6. The molecule has 0 saturated heterocycles. The molecule has 0 spiro atoms. The summed E-state index contributed by atoms with van der Waals surface area (Å²) < 4.78 is 2.33. The first-order valence-electron chi connectivity index (χ1n) is 10.7. The van der Waals surface area contributed by atoms with Crippen LogP contribution in [0.5, 0.6) is 0 Å². The first-order chi connectivity index (χ1) is 14.2. The van der Waals surface area contributed by atoms with Gasteiger partial charge in [0.2, 0.25) is 11.8 Å². The number of aromatic nitrogens is 2. The third-order valence-corrected chi connectivity index (χ3v) is 7.46. The number of thioether (sulfide) groups is 1. The summed E-state index contributed by atoms with van der Waals surface area (Å²) in [6.07, 6.45) is 4.82. The Morgan fingerprint density at radius 3 is 2.60 bits per heavy atom. The van der Waals surface area contributed by atoms with Gasteiger partial charge in [0.1, 0.15) is 5.54 Å². The minimum absolute atomic E-state index is 0.0800. The van der Waals surface area contributed by atoms with Gasteiger partial charge in [-0.15, -0.1) is 0 Å². The number of anilines is 2. The highest BCUT2D eigenvalue weighted by Crippen LogP contribution is 2.40. The number of carbonyl (C=O) groups excluding carboxylic acids is 2. The Balaban J connectivity index is 1.65. The number of imidazole rings is 1. The summed E-state index contributed by atoms with van der Waals surface area (Å²) in [5.74, 6) is -0.255. The smallest absolute Gasteiger partial charge is 0.250 e. The molecule has 1 aliphatic heterocycles. The number of para-hydroxylation sites is 2. The number of amides is 2. The van der Waals surface area contributed by atoms with Crippen LogP contribution < -0.4 is 10.2 Å². The fourth-order valence-corrected chi connectivity index (χ4v) is 5.62. The largest absolute Gasteiger partial charge is 0.322 e. The summed E-state index contributed by atoms with van der Waals surface area (Å²) in [7, 11) is 0. The van der Waals surface area contributed by atoms with Crippen LogP contribution >= 0.6 is 11.8 Å². The lowest BCUT2D eigenvalue weighted by Crippen LogP contribution is -2.60. The predicted octanol–water partition coefficient (Wildman–Crippen LogP) is 4.86. The van der Waals surface area contributed by atoms with E-state index in [-0.39, 0.29) is 17.1 Å². The lowest BCUT2D eigenvalue weighted by molar-refractivity contribution is -0.126. The number of fused-ring (bicyclic) bond motifs is 1. The number of nitrogens with one attached hydrogen (secondary N) is 1. The second-order valence-corrected chi connectivity index (χ2v) is 10.1. The Morgan fingerprint density at radius 2 is 1.90 bits per heavy atom. The Morgan fingerprint density at radius 1 is 1.23 bits per heavy atom. The molecule has 0 bridgehead atoms. The highest BCUT2D eigenvalue weighted by Gasteiger charge is 2.45. The summed E-state index contributed by atoms with van der Waals surface area (Å²) in [6, 6.07) is 7.94. The minimum Gasteiger partial charge on any atom is -0.322 e. The molecule has 2 amide bonds. The molecule has 1 aromatic carbocycles. The van der Waals surface area contributed by atoms with Crippen molar-refractivity contribution in [3.63, 3.8) is 0 Å². The van der Waals surface area contributed by atoms with Crippen molar-refractivity contribution < 1.29 is 9.59 Å². The first kappa shape index (κ1) is 21.0. The molecule has 0 radical (unpaired) electrons. The van der Waals surface area contributed by atoms with Crippen molar-refractivity contribution in [2.45, 2.75) is 82.3 Å². The standard InChI is InChI=1S/C23H30N4O2S/c1-14-15(2)26(17-10-6-7-11-17)22(24-14)30-16(3)20(28)27-19-13-9-8-12-18(19)25-21(29)23(27,4)5/h8-9,12-13,16-17H,6-7,10-11H2,1-5H3,(H,25,29)/t16-/m0/s1. The molecule has 160 valence electrons. The maximum Gasteiger partial charge on any atom is 0.250 e. The van der Waals surface area contributed by atoms with Gasteiger partial charge in [-0.05, 0) is 59.6 Å². The second-order valence-electron chi connectivity index (χ2n) is 8.84. The third kappa shape index (κ3) is 3.43. The van der Waals surface area contributed by atoms with Gasteiger partial charge in [-0.2, -0.15) is 0 Å². The second kappa shape index (κ2) is 7.76. The van der Waals surface area contributed by atoms with Gasteiger partial charge in [0.15, 0.2) is 5.16 Å². The summed E-state index contributed by atoms with van der Waals surface area (Å²) in [4.78, 5) is 32.8. The van der Waals surface area contributed by atoms with E-state index >= 15 is 0 Å². The van der Waals surface area contributed by atoms with Crippen molar-refractivity contribution in [3.8, 4) is 0 Å². The van der Waals surface area contributed by atoms with E-state index in [1.807, 2.05) is 38.1 Å². The zero-order valence-electron chi connectivity index (χ0n) is 18.4. The Hall–Kier alpha value is -2.28. The lowest BCUT2D eigenvalue weighted by Gasteiger charge is -2.43. The Labute approximate surface area is 182 Å². The van der Waals surface area contributed by atoms with E-state index in [0.29, 0.717) is 11.7 Å². The highest BCUT2D eigenvalue weighted by atomic mass is 32.2. The van der Waals surface area contributed by atoms with E-state index in [2.05, 4.69) is 16.8 Å². The summed E-state index contributed by atoms with van der Waals surface area (Å²) in [5, 5.41) is 3.46. The molecular formula is C23H30N4O2S. The summed E-state index contributed by atoms with van der Waals surface area (Å²) >= 11 is 1.50. The molecule has 0 unspecified atom stereocenters. The normalized spacial score (nSPS) is 19.5. The molecule has 4 rings (SSSR count). The first-order valence-corrected chi connectivity index (χ1v) is 11.6. The topological polar surface area (TPSA) is 67.2 Å². The van der Waals surface area contributed by atoms with Crippen molar-refractivity contribution in [2.75, 3.05) is 10.2 Å². The fraction of sp³-hybridized carbons (Fsp3) is 0.522. The average molecular weight is 427 g/mol. The van der Waals surface area contributed by atoms with Gasteiger partial charge in [0.05, 0.1) is 22.3 Å². The SMILES string of the molecule is Cc1nc(S[C@@H](C)C(=O)N2c3ccccc3NC(=O)C2(C)C)n(C2CCCC2)c1C. The van der Waals surface area contributed by atoms with Crippen LogP contribution in [-0.4, -0.2) is 32.2 Å². The van der Waals surface area contributed by atoms with Crippen molar-refractivity contribution in [1.29, 1.82) is 0 Å². The molecule has 2 heterocycles. The van der Waals surface area contributed by atoms with E-state index in [4.69, 9.17) is 4.98 Å². The Kier molecular flexibility index (Phi) is 5.43. The van der Waals surface area contributed by atoms with Crippen LogP contribution in [0.3, 0.4) is 0 Å². The average Bonchev–Trinajstić information content (AvgIpc) is 3.30. The maximum absolute atomic E-state index is 13.6. The van der Waals surface area contributed by atoms with Crippen molar-refractivity contribution >= 4 is 35.0 Å². The van der Waals surface area contributed by atoms with Crippen LogP contribution in [0.25, 0.3) is 0 Å². The molecule has 2 aromatic rings. The zero-order chi connectivity index (χ0) is 21.6. The molecule has 1 aliphatic carbocycles. The molecule has 6 nitrogen and oxygen atoms in total. The van der Waals surface area contributed by atoms with Gasteiger partial charge in [-0.25, -0.2) is 4.98 Å². The van der Waals surface area contributed by atoms with E-state index in [9.17, 15) is 9.59 Å². The van der Waals surface area contributed by atoms with Crippen molar-refractivity contribution in [1.82, 2.24) is 9.55 Å². The van der Waals surface area contributed by atoms with Gasteiger partial charge in [-0.3, -0.25) is 14.5 Å². The van der Waals surface area contributed by atoms with Crippen molar-refractivity contribution in [3.05, 3.63) is 35.7 Å². The van der Waals surface area contributed by atoms with Gasteiger partial charge in [-0.1, -0.05) is 36.7 Å². The number of hydrogen-bond donors (Lipinski definition) is 1. The predicted molar refractivity (Wildman–Crippen MR) is 121 cm³/mol. The number of carbonyl (C=O) groups is 2. The van der Waals surface area contributed by atoms with Gasteiger partial charge in [0, 0.05) is 11.7 Å². The molecule has 2 aliphatic rings. The van der Waals surface area contributed by atoms with Crippen LogP contribution in [0.2, 0.25) is 0 Å². The van der Waals surface area contributed by atoms with Gasteiger partial charge in [0.25, 0.3) is 0 Å². The van der Waals surface area contributed by atoms with E-state index in [1.54, 1.807) is 18.7 Å². The number of benzene rings is 1. The van der Waals surface area contributed by atoms with Crippen LogP contribution in [-0.2, 0) is 9.59 Å². The molecule has 1 atom stereocenters. The molecule has 1 aromatic heterocycles. The molecule has 1 fully saturated rings. The number of aryl methyl sites for hydroxylation is 1. The van der Waals surface area contributed by atoms with Crippen LogP contribution in [0.4, 0.5) is 11.4 Å². The highest BCUT2D eigenvalue weighted by molar-refractivity contribution is 8.00. The van der Waals surface area contributed by atoms with Crippen LogP contribution in [0.1, 0.15) is 63.9 Å². The van der Waals surface area contributed by atoms with Crippen LogP contribution in [0, 0.1) is 13.8 Å². The number of rotatable bonds is 4. The van der Waals surface area contributed by atoms with Gasteiger partial charge < -0.3 is 9.88 Å². The molecule has 30 heavy (non-hydrogen) atoms. The van der Waals surface area contributed by atoms with E-state index < -0.39 is 5.54 Å². The monoisotopic (exact) mass is 426 g/mol. The Bertz CT molecular complexity index is 991. The number of hydrogen-bond acceptors (Lipinski definition) is 4. The quantitative estimate of drug-likeness (QED) is 0.709. The summed E-state index contributed by atoms with van der Waals surface area (Å²) in [5.41, 5.74) is 2.66. The van der Waals surface area contributed by atoms with Crippen molar-refractivity contribution in [2.24, 2.45) is 0 Å². The fourth-order valence-electron chi connectivity index (χ4n) is 4.51. The molecule has 1 saturated carbocycles. The molecular weight excluding hydrogens is 396 g/mol. The van der Waals surface area contributed by atoms with Gasteiger partial charge >= 0.3 is 0 Å². The minimum atomic E-state index is -0.965. The summed E-state index contributed by atoms with van der Waals surface area (Å²) in [6.45, 7) is 9.65. The molecule has 7 heteroatoms.